The van der Waals surface area contributed by atoms with E-state index < -0.39 is 0 Å². The first kappa shape index (κ1) is 11.9. The summed E-state index contributed by atoms with van der Waals surface area (Å²) in [5, 5.41) is 5.07. The van der Waals surface area contributed by atoms with Gasteiger partial charge in [-0.3, -0.25) is 0 Å². The summed E-state index contributed by atoms with van der Waals surface area (Å²) in [5.41, 5.74) is 0. The summed E-state index contributed by atoms with van der Waals surface area (Å²) < 4.78 is 0. The third-order valence-corrected chi connectivity index (χ3v) is 2.93. The Bertz CT molecular complexity index is 461. The molecule has 0 aromatic carbocycles. The summed E-state index contributed by atoms with van der Waals surface area (Å²) in [6.45, 7) is 3.04. The van der Waals surface area contributed by atoms with Crippen molar-refractivity contribution in [2.45, 2.75) is 23.4 Å². The first-order valence-corrected chi connectivity index (χ1v) is 6.35. The molecule has 0 spiro atoms. The van der Waals surface area contributed by atoms with Crippen molar-refractivity contribution in [1.29, 1.82) is 0 Å². The van der Waals surface area contributed by atoms with Gasteiger partial charge in [-0.2, -0.15) is 0 Å². The summed E-state index contributed by atoms with van der Waals surface area (Å²) >= 11 is 1.53. The number of nitrogens with one attached hydrogen (secondary N) is 1. The monoisotopic (exact) mass is 246 g/mol. The Morgan fingerprint density at radius 2 is 2.12 bits per heavy atom. The lowest BCUT2D eigenvalue weighted by Gasteiger charge is -2.04. The zero-order valence-corrected chi connectivity index (χ0v) is 10.4. The Morgan fingerprint density at radius 1 is 1.18 bits per heavy atom. The lowest BCUT2D eigenvalue weighted by Crippen LogP contribution is -2.02. The van der Waals surface area contributed by atoms with Crippen LogP contribution in [-0.2, 0) is 0 Å². The number of rotatable bonds is 5. The standard InChI is InChI=1S/C12H14N4S/c1-2-6-13-10-8-12(16-9-15-10)17-11-5-3-4-7-14-11/h3-5,7-9H,2,6H2,1H3,(H,13,15,16). The number of nitrogens with zero attached hydrogens (tertiary/aromatic N) is 3. The third-order valence-electron chi connectivity index (χ3n) is 2.05. The van der Waals surface area contributed by atoms with Gasteiger partial charge in [-0.25, -0.2) is 15.0 Å². The van der Waals surface area contributed by atoms with E-state index in [1.165, 1.54) is 11.8 Å². The van der Waals surface area contributed by atoms with Crippen LogP contribution in [0.5, 0.6) is 0 Å². The largest absolute Gasteiger partial charge is 0.370 e. The quantitative estimate of drug-likeness (QED) is 0.822. The van der Waals surface area contributed by atoms with Crippen LogP contribution in [0.1, 0.15) is 13.3 Å². The lowest BCUT2D eigenvalue weighted by molar-refractivity contribution is 0.952. The summed E-state index contributed by atoms with van der Waals surface area (Å²) in [6, 6.07) is 7.77. The maximum atomic E-state index is 4.25. The molecule has 2 aromatic heterocycles. The predicted octanol–water partition coefficient (Wildman–Crippen LogP) is 2.84. The summed E-state index contributed by atoms with van der Waals surface area (Å²) in [4.78, 5) is 12.6. The van der Waals surface area contributed by atoms with Crippen molar-refractivity contribution in [2.75, 3.05) is 11.9 Å². The van der Waals surface area contributed by atoms with Crippen LogP contribution in [0.15, 0.2) is 46.8 Å². The molecule has 0 atom stereocenters. The maximum absolute atomic E-state index is 4.25. The summed E-state index contributed by atoms with van der Waals surface area (Å²) in [7, 11) is 0. The van der Waals surface area contributed by atoms with E-state index in [4.69, 9.17) is 0 Å². The average Bonchev–Trinajstić information content (AvgIpc) is 2.38. The highest BCUT2D eigenvalue weighted by Crippen LogP contribution is 2.24. The molecule has 0 aliphatic carbocycles. The summed E-state index contributed by atoms with van der Waals surface area (Å²) in [6.07, 6.45) is 4.43. The molecule has 2 heterocycles. The Kier molecular flexibility index (Phi) is 4.32. The van der Waals surface area contributed by atoms with Gasteiger partial charge in [-0.1, -0.05) is 13.0 Å². The first-order valence-electron chi connectivity index (χ1n) is 5.53. The van der Waals surface area contributed by atoms with Crippen LogP contribution in [0.4, 0.5) is 5.82 Å². The second-order valence-electron chi connectivity index (χ2n) is 3.44. The second-order valence-corrected chi connectivity index (χ2v) is 4.48. The van der Waals surface area contributed by atoms with Gasteiger partial charge < -0.3 is 5.32 Å². The average molecular weight is 246 g/mol. The smallest absolute Gasteiger partial charge is 0.130 e. The van der Waals surface area contributed by atoms with Crippen molar-refractivity contribution in [3.8, 4) is 0 Å². The number of hydrogen-bond acceptors (Lipinski definition) is 5. The van der Waals surface area contributed by atoms with Crippen LogP contribution >= 0.6 is 11.8 Å². The molecule has 5 heteroatoms. The highest BCUT2D eigenvalue weighted by atomic mass is 32.2. The fourth-order valence-electron chi connectivity index (χ4n) is 1.26. The SMILES string of the molecule is CCCNc1cc(Sc2ccccn2)ncn1. The van der Waals surface area contributed by atoms with E-state index in [-0.39, 0.29) is 0 Å². The van der Waals surface area contributed by atoms with E-state index in [2.05, 4.69) is 27.2 Å². The van der Waals surface area contributed by atoms with Crippen LogP contribution in [0.2, 0.25) is 0 Å². The predicted molar refractivity (Wildman–Crippen MR) is 69.2 cm³/mol. The Labute approximate surface area is 105 Å². The van der Waals surface area contributed by atoms with Crippen LogP contribution in [0, 0.1) is 0 Å². The molecule has 0 radical (unpaired) electrons. The molecule has 0 amide bonds. The van der Waals surface area contributed by atoms with Gasteiger partial charge >= 0.3 is 0 Å². The van der Waals surface area contributed by atoms with Crippen molar-refractivity contribution in [3.63, 3.8) is 0 Å². The second kappa shape index (κ2) is 6.20. The van der Waals surface area contributed by atoms with Gasteiger partial charge in [0, 0.05) is 18.8 Å². The molecule has 2 aromatic rings. The molecule has 1 N–H and O–H groups in total. The lowest BCUT2D eigenvalue weighted by atomic mass is 10.4. The molecule has 0 aliphatic heterocycles. The molecule has 0 aliphatic rings. The molecular formula is C12H14N4S. The molecule has 88 valence electrons. The molecule has 0 fully saturated rings. The number of anilines is 1. The highest BCUT2D eigenvalue weighted by molar-refractivity contribution is 7.99. The number of hydrogen-bond donors (Lipinski definition) is 1. The minimum absolute atomic E-state index is 0.861. The Hall–Kier alpha value is -1.62. The van der Waals surface area contributed by atoms with Gasteiger partial charge in [0.15, 0.2) is 0 Å². The van der Waals surface area contributed by atoms with Gasteiger partial charge in [-0.15, -0.1) is 0 Å². The molecule has 0 bridgehead atoms. The van der Waals surface area contributed by atoms with Gasteiger partial charge in [0.1, 0.15) is 22.2 Å². The fourth-order valence-corrected chi connectivity index (χ4v) is 2.00. The van der Waals surface area contributed by atoms with Crippen molar-refractivity contribution < 1.29 is 0 Å². The molecular weight excluding hydrogens is 232 g/mol. The molecule has 0 saturated carbocycles. The maximum Gasteiger partial charge on any atom is 0.130 e. The minimum Gasteiger partial charge on any atom is -0.370 e. The fraction of sp³-hybridized carbons (Fsp3) is 0.250. The number of pyridine rings is 1. The van der Waals surface area contributed by atoms with E-state index >= 15 is 0 Å². The highest BCUT2D eigenvalue weighted by Gasteiger charge is 2.01. The van der Waals surface area contributed by atoms with Crippen LogP contribution in [0.3, 0.4) is 0 Å². The van der Waals surface area contributed by atoms with Gasteiger partial charge in [-0.05, 0) is 30.3 Å². The number of aromatic nitrogens is 3. The normalized spacial score (nSPS) is 10.2. The van der Waals surface area contributed by atoms with E-state index in [9.17, 15) is 0 Å². The zero-order valence-electron chi connectivity index (χ0n) is 9.63. The van der Waals surface area contributed by atoms with E-state index in [1.807, 2.05) is 24.3 Å². The van der Waals surface area contributed by atoms with Crippen molar-refractivity contribution in [3.05, 3.63) is 36.8 Å². The van der Waals surface area contributed by atoms with Crippen molar-refractivity contribution in [2.24, 2.45) is 0 Å². The Morgan fingerprint density at radius 3 is 2.88 bits per heavy atom. The third kappa shape index (κ3) is 3.71. The minimum atomic E-state index is 0.861. The molecule has 0 unspecified atom stereocenters. The summed E-state index contributed by atoms with van der Waals surface area (Å²) in [5.74, 6) is 0.861. The van der Waals surface area contributed by atoms with Crippen LogP contribution < -0.4 is 5.32 Å². The molecule has 2 rings (SSSR count). The van der Waals surface area contributed by atoms with Crippen molar-refractivity contribution in [1.82, 2.24) is 15.0 Å². The van der Waals surface area contributed by atoms with E-state index in [0.717, 1.165) is 28.8 Å². The van der Waals surface area contributed by atoms with E-state index in [0.29, 0.717) is 0 Å². The van der Waals surface area contributed by atoms with Gasteiger partial charge in [0.25, 0.3) is 0 Å². The molecule has 4 nitrogen and oxygen atoms in total. The van der Waals surface area contributed by atoms with Crippen LogP contribution in [-0.4, -0.2) is 21.5 Å². The van der Waals surface area contributed by atoms with Crippen molar-refractivity contribution >= 4 is 17.6 Å². The van der Waals surface area contributed by atoms with Gasteiger partial charge in [0.05, 0.1) is 0 Å². The molecule has 0 saturated heterocycles. The first-order chi connectivity index (χ1) is 8.38. The van der Waals surface area contributed by atoms with Crippen LogP contribution in [0.25, 0.3) is 0 Å². The Balaban J connectivity index is 2.06. The van der Waals surface area contributed by atoms with Gasteiger partial charge in [0.2, 0.25) is 0 Å². The topological polar surface area (TPSA) is 50.7 Å². The zero-order chi connectivity index (χ0) is 11.9. The van der Waals surface area contributed by atoms with E-state index in [1.54, 1.807) is 12.5 Å². The molecule has 17 heavy (non-hydrogen) atoms.